The quantitative estimate of drug-likeness (QED) is 0.674. The van der Waals surface area contributed by atoms with E-state index >= 15 is 0 Å². The van der Waals surface area contributed by atoms with Gasteiger partial charge >= 0.3 is 0 Å². The molecular weight excluding hydrogens is 150 g/mol. The summed E-state index contributed by atoms with van der Waals surface area (Å²) in [5.41, 5.74) is 2.55. The maximum atomic E-state index is 9.00. The van der Waals surface area contributed by atoms with Crippen LogP contribution < -0.4 is 0 Å². The molecule has 12 heavy (non-hydrogen) atoms. The first-order chi connectivity index (χ1) is 5.90. The molecule has 2 nitrogen and oxygen atoms in total. The van der Waals surface area contributed by atoms with Crippen LogP contribution in [0.15, 0.2) is 18.3 Å². The van der Waals surface area contributed by atoms with Gasteiger partial charge in [0.25, 0.3) is 0 Å². The maximum absolute atomic E-state index is 9.00. The smallest absolute Gasteiger partial charge is 0.0462 e. The van der Waals surface area contributed by atoms with Gasteiger partial charge in [-0.2, -0.15) is 0 Å². The Balaban J connectivity index is 2.23. The van der Waals surface area contributed by atoms with Crippen LogP contribution in [0.2, 0.25) is 0 Å². The van der Waals surface area contributed by atoms with E-state index in [1.54, 1.807) is 0 Å². The SMILES string of the molecule is OC[C@H]1CCc2ncccc2C1. The summed E-state index contributed by atoms with van der Waals surface area (Å²) in [6.45, 7) is 0.314. The van der Waals surface area contributed by atoms with Crippen LogP contribution in [-0.2, 0) is 12.8 Å². The van der Waals surface area contributed by atoms with Crippen LogP contribution in [0.3, 0.4) is 0 Å². The lowest BCUT2D eigenvalue weighted by Gasteiger charge is -2.21. The molecule has 0 radical (unpaired) electrons. The summed E-state index contributed by atoms with van der Waals surface area (Å²) in [5.74, 6) is 0.460. The van der Waals surface area contributed by atoms with Gasteiger partial charge < -0.3 is 5.11 Å². The molecule has 0 amide bonds. The normalized spacial score (nSPS) is 21.9. The molecule has 0 aromatic carbocycles. The molecule has 0 aliphatic heterocycles. The lowest BCUT2D eigenvalue weighted by atomic mass is 9.87. The molecule has 64 valence electrons. The van der Waals surface area contributed by atoms with Crippen molar-refractivity contribution in [3.05, 3.63) is 29.6 Å². The minimum Gasteiger partial charge on any atom is -0.396 e. The molecule has 1 atom stereocenters. The molecule has 2 heteroatoms. The zero-order chi connectivity index (χ0) is 8.39. The predicted octanol–water partition coefficient (Wildman–Crippen LogP) is 1.18. The van der Waals surface area contributed by atoms with E-state index in [9.17, 15) is 0 Å². The average Bonchev–Trinajstić information content (AvgIpc) is 2.17. The summed E-state index contributed by atoms with van der Waals surface area (Å²) in [6, 6.07) is 4.09. The highest BCUT2D eigenvalue weighted by atomic mass is 16.3. The monoisotopic (exact) mass is 163 g/mol. The Bertz CT molecular complexity index is 272. The third-order valence-corrected chi connectivity index (χ3v) is 2.54. The molecule has 0 spiro atoms. The number of aliphatic hydroxyl groups is 1. The number of nitrogens with zero attached hydrogens (tertiary/aromatic N) is 1. The zero-order valence-corrected chi connectivity index (χ0v) is 7.03. The lowest BCUT2D eigenvalue weighted by molar-refractivity contribution is 0.212. The van der Waals surface area contributed by atoms with Crippen molar-refractivity contribution in [2.24, 2.45) is 5.92 Å². The fourth-order valence-corrected chi connectivity index (χ4v) is 1.79. The molecule has 2 rings (SSSR count). The molecule has 0 saturated carbocycles. The standard InChI is InChI=1S/C10H13NO/c12-7-8-3-4-10-9(6-8)2-1-5-11-10/h1-2,5,8,12H,3-4,6-7H2/t8-/m0/s1. The first kappa shape index (κ1) is 7.74. The van der Waals surface area contributed by atoms with Gasteiger partial charge in [-0.1, -0.05) is 6.07 Å². The highest BCUT2D eigenvalue weighted by Gasteiger charge is 2.17. The van der Waals surface area contributed by atoms with E-state index in [2.05, 4.69) is 11.1 Å². The summed E-state index contributed by atoms with van der Waals surface area (Å²) in [5, 5.41) is 9.00. The number of fused-ring (bicyclic) bond motifs is 1. The number of aryl methyl sites for hydroxylation is 1. The van der Waals surface area contributed by atoms with E-state index in [-0.39, 0.29) is 0 Å². The second kappa shape index (κ2) is 3.23. The highest BCUT2D eigenvalue weighted by molar-refractivity contribution is 5.22. The number of rotatable bonds is 1. The summed E-state index contributed by atoms with van der Waals surface area (Å²) in [6.07, 6.45) is 4.96. The first-order valence-corrected chi connectivity index (χ1v) is 4.44. The molecule has 1 aromatic heterocycles. The predicted molar refractivity (Wildman–Crippen MR) is 46.8 cm³/mol. The topological polar surface area (TPSA) is 33.1 Å². The van der Waals surface area contributed by atoms with Gasteiger partial charge in [-0.25, -0.2) is 0 Å². The molecule has 0 bridgehead atoms. The van der Waals surface area contributed by atoms with Crippen LogP contribution in [-0.4, -0.2) is 16.7 Å². The van der Waals surface area contributed by atoms with Gasteiger partial charge in [0, 0.05) is 18.5 Å². The Morgan fingerprint density at radius 1 is 1.58 bits per heavy atom. The van der Waals surface area contributed by atoms with Crippen molar-refractivity contribution in [3.63, 3.8) is 0 Å². The molecule has 1 aliphatic rings. The van der Waals surface area contributed by atoms with Crippen molar-refractivity contribution in [1.82, 2.24) is 4.98 Å². The van der Waals surface area contributed by atoms with Gasteiger partial charge in [0.15, 0.2) is 0 Å². The van der Waals surface area contributed by atoms with E-state index < -0.39 is 0 Å². The van der Waals surface area contributed by atoms with Crippen molar-refractivity contribution in [2.45, 2.75) is 19.3 Å². The van der Waals surface area contributed by atoms with Crippen LogP contribution in [0.1, 0.15) is 17.7 Å². The van der Waals surface area contributed by atoms with E-state index in [1.807, 2.05) is 12.3 Å². The third kappa shape index (κ3) is 1.34. The van der Waals surface area contributed by atoms with E-state index in [0.717, 1.165) is 19.3 Å². The van der Waals surface area contributed by atoms with Crippen molar-refractivity contribution in [3.8, 4) is 0 Å². The van der Waals surface area contributed by atoms with Gasteiger partial charge in [-0.15, -0.1) is 0 Å². The largest absolute Gasteiger partial charge is 0.396 e. The fourth-order valence-electron chi connectivity index (χ4n) is 1.79. The molecule has 0 unspecified atom stereocenters. The Kier molecular flexibility index (Phi) is 2.09. The van der Waals surface area contributed by atoms with Gasteiger partial charge in [0.05, 0.1) is 0 Å². The van der Waals surface area contributed by atoms with Gasteiger partial charge in [-0.3, -0.25) is 4.98 Å². The number of aromatic nitrogens is 1. The zero-order valence-electron chi connectivity index (χ0n) is 7.03. The molecule has 1 N–H and O–H groups in total. The van der Waals surface area contributed by atoms with Crippen LogP contribution >= 0.6 is 0 Å². The van der Waals surface area contributed by atoms with Crippen LogP contribution in [0, 0.1) is 5.92 Å². The molecule has 1 heterocycles. The van der Waals surface area contributed by atoms with Crippen LogP contribution in [0.4, 0.5) is 0 Å². The third-order valence-electron chi connectivity index (χ3n) is 2.54. The summed E-state index contributed by atoms with van der Waals surface area (Å²) >= 11 is 0. The molecule has 1 aromatic rings. The Hall–Kier alpha value is -0.890. The lowest BCUT2D eigenvalue weighted by Crippen LogP contribution is -2.18. The van der Waals surface area contributed by atoms with Gasteiger partial charge in [0.1, 0.15) is 0 Å². The fraction of sp³-hybridized carbons (Fsp3) is 0.500. The highest BCUT2D eigenvalue weighted by Crippen LogP contribution is 2.22. The van der Waals surface area contributed by atoms with E-state index in [0.29, 0.717) is 12.5 Å². The second-order valence-corrected chi connectivity index (χ2v) is 3.40. The number of pyridine rings is 1. The number of aliphatic hydroxyl groups excluding tert-OH is 1. The minimum atomic E-state index is 0.314. The molecule has 0 fully saturated rings. The molecule has 1 aliphatic carbocycles. The van der Waals surface area contributed by atoms with E-state index in [1.165, 1.54) is 11.3 Å². The van der Waals surface area contributed by atoms with Crippen molar-refractivity contribution < 1.29 is 5.11 Å². The van der Waals surface area contributed by atoms with Crippen LogP contribution in [0.25, 0.3) is 0 Å². The van der Waals surface area contributed by atoms with Crippen molar-refractivity contribution >= 4 is 0 Å². The maximum Gasteiger partial charge on any atom is 0.0462 e. The Morgan fingerprint density at radius 3 is 3.33 bits per heavy atom. The Morgan fingerprint density at radius 2 is 2.50 bits per heavy atom. The molecule has 0 saturated heterocycles. The minimum absolute atomic E-state index is 0.314. The number of hydrogen-bond acceptors (Lipinski definition) is 2. The molecular formula is C10H13NO. The Labute approximate surface area is 72.3 Å². The average molecular weight is 163 g/mol. The first-order valence-electron chi connectivity index (χ1n) is 4.44. The van der Waals surface area contributed by atoms with Gasteiger partial charge in [0.2, 0.25) is 0 Å². The van der Waals surface area contributed by atoms with Gasteiger partial charge in [-0.05, 0) is 36.8 Å². The van der Waals surface area contributed by atoms with E-state index in [4.69, 9.17) is 5.11 Å². The summed E-state index contributed by atoms with van der Waals surface area (Å²) in [7, 11) is 0. The van der Waals surface area contributed by atoms with Crippen molar-refractivity contribution in [1.29, 1.82) is 0 Å². The number of hydrogen-bond donors (Lipinski definition) is 1. The van der Waals surface area contributed by atoms with Crippen molar-refractivity contribution in [2.75, 3.05) is 6.61 Å². The summed E-state index contributed by atoms with van der Waals surface area (Å²) in [4.78, 5) is 4.31. The van der Waals surface area contributed by atoms with Crippen LogP contribution in [0.5, 0.6) is 0 Å². The second-order valence-electron chi connectivity index (χ2n) is 3.40. The summed E-state index contributed by atoms with van der Waals surface area (Å²) < 4.78 is 0.